The molecule has 2 N–H and O–H groups in total. The van der Waals surface area contributed by atoms with Gasteiger partial charge in [-0.25, -0.2) is 4.39 Å². The van der Waals surface area contributed by atoms with Crippen LogP contribution in [0.4, 0.5) is 4.39 Å². The van der Waals surface area contributed by atoms with E-state index in [4.69, 9.17) is 10.5 Å². The van der Waals surface area contributed by atoms with E-state index < -0.39 is 0 Å². The van der Waals surface area contributed by atoms with Crippen molar-refractivity contribution in [1.82, 2.24) is 0 Å². The van der Waals surface area contributed by atoms with E-state index in [9.17, 15) is 4.39 Å². The second kappa shape index (κ2) is 6.19. The molecular weight excluding hydrogens is 229 g/mol. The maximum atomic E-state index is 13.6. The number of nitrogens with two attached hydrogens (primary N) is 1. The lowest BCUT2D eigenvalue weighted by Crippen LogP contribution is -2.24. The highest BCUT2D eigenvalue weighted by Crippen LogP contribution is 2.33. The highest BCUT2D eigenvalue weighted by atomic mass is 19.1. The molecular formula is C15H22FNO. The van der Waals surface area contributed by atoms with Gasteiger partial charge in [0, 0.05) is 0 Å². The highest BCUT2D eigenvalue weighted by Gasteiger charge is 2.24. The fraction of sp³-hybridized carbons (Fsp3) is 0.600. The molecule has 1 aromatic carbocycles. The number of rotatable bonds is 5. The van der Waals surface area contributed by atoms with Gasteiger partial charge in [-0.3, -0.25) is 0 Å². The van der Waals surface area contributed by atoms with Crippen molar-refractivity contribution < 1.29 is 9.13 Å². The summed E-state index contributed by atoms with van der Waals surface area (Å²) in [5, 5.41) is 0. The van der Waals surface area contributed by atoms with E-state index in [0.717, 1.165) is 17.9 Å². The standard InChI is InChI=1S/C15H22FNO/c1-18-15-7-6-11(9-14(15)16)8-13(10-17)12-4-2-3-5-12/h6-7,9,12-13H,2-5,8,10,17H2,1H3. The summed E-state index contributed by atoms with van der Waals surface area (Å²) in [5.74, 6) is 1.24. The zero-order chi connectivity index (χ0) is 13.0. The molecule has 1 atom stereocenters. The molecule has 0 aromatic heterocycles. The summed E-state index contributed by atoms with van der Waals surface area (Å²) in [7, 11) is 1.49. The first-order chi connectivity index (χ1) is 8.74. The Bertz CT molecular complexity index is 388. The monoisotopic (exact) mass is 251 g/mol. The highest BCUT2D eigenvalue weighted by molar-refractivity contribution is 5.29. The van der Waals surface area contributed by atoms with Gasteiger partial charge >= 0.3 is 0 Å². The van der Waals surface area contributed by atoms with Crippen molar-refractivity contribution in [3.63, 3.8) is 0 Å². The van der Waals surface area contributed by atoms with Crippen LogP contribution in [0.25, 0.3) is 0 Å². The molecule has 1 unspecified atom stereocenters. The molecule has 0 heterocycles. The second-order valence-corrected chi connectivity index (χ2v) is 5.21. The summed E-state index contributed by atoms with van der Waals surface area (Å²) in [6, 6.07) is 5.23. The van der Waals surface area contributed by atoms with Gasteiger partial charge in [0.15, 0.2) is 11.6 Å². The average Bonchev–Trinajstić information content (AvgIpc) is 2.90. The van der Waals surface area contributed by atoms with Gasteiger partial charge < -0.3 is 10.5 Å². The first-order valence-electron chi connectivity index (χ1n) is 6.77. The van der Waals surface area contributed by atoms with Crippen LogP contribution in [0, 0.1) is 17.7 Å². The molecule has 3 heteroatoms. The van der Waals surface area contributed by atoms with E-state index in [1.807, 2.05) is 6.07 Å². The number of benzene rings is 1. The molecule has 0 amide bonds. The molecule has 0 saturated heterocycles. The Kier molecular flexibility index (Phi) is 4.59. The SMILES string of the molecule is COc1ccc(CC(CN)C2CCCC2)cc1F. The maximum absolute atomic E-state index is 13.6. The van der Waals surface area contributed by atoms with Gasteiger partial charge in [0.25, 0.3) is 0 Å². The van der Waals surface area contributed by atoms with Crippen molar-refractivity contribution in [3.05, 3.63) is 29.6 Å². The molecule has 18 heavy (non-hydrogen) atoms. The molecule has 1 saturated carbocycles. The topological polar surface area (TPSA) is 35.2 Å². The van der Waals surface area contributed by atoms with Gasteiger partial charge in [0.2, 0.25) is 0 Å². The summed E-state index contributed by atoms with van der Waals surface area (Å²) < 4.78 is 18.6. The largest absolute Gasteiger partial charge is 0.494 e. The van der Waals surface area contributed by atoms with Gasteiger partial charge in [-0.05, 0) is 42.5 Å². The molecule has 0 radical (unpaired) electrons. The van der Waals surface area contributed by atoms with Crippen molar-refractivity contribution in [2.75, 3.05) is 13.7 Å². The van der Waals surface area contributed by atoms with Gasteiger partial charge in [0.05, 0.1) is 7.11 Å². The van der Waals surface area contributed by atoms with Crippen molar-refractivity contribution in [2.45, 2.75) is 32.1 Å². The summed E-state index contributed by atoms with van der Waals surface area (Å²) in [4.78, 5) is 0. The third-order valence-corrected chi connectivity index (χ3v) is 4.08. The van der Waals surface area contributed by atoms with Crippen LogP contribution in [0.2, 0.25) is 0 Å². The third kappa shape index (κ3) is 3.02. The van der Waals surface area contributed by atoms with E-state index in [-0.39, 0.29) is 5.82 Å². The van der Waals surface area contributed by atoms with Crippen molar-refractivity contribution in [2.24, 2.45) is 17.6 Å². The van der Waals surface area contributed by atoms with E-state index in [0.29, 0.717) is 18.2 Å². The summed E-state index contributed by atoms with van der Waals surface area (Å²) in [5.41, 5.74) is 6.90. The Labute approximate surface area is 108 Å². The van der Waals surface area contributed by atoms with Crippen LogP contribution in [0.5, 0.6) is 5.75 Å². The molecule has 1 fully saturated rings. The molecule has 1 aliphatic rings. The fourth-order valence-corrected chi connectivity index (χ4v) is 3.01. The minimum absolute atomic E-state index is 0.280. The zero-order valence-electron chi connectivity index (χ0n) is 11.0. The minimum Gasteiger partial charge on any atom is -0.494 e. The lowest BCUT2D eigenvalue weighted by Gasteiger charge is -2.22. The maximum Gasteiger partial charge on any atom is 0.165 e. The predicted molar refractivity (Wildman–Crippen MR) is 71.2 cm³/mol. The van der Waals surface area contributed by atoms with Crippen molar-refractivity contribution in [1.29, 1.82) is 0 Å². The Morgan fingerprint density at radius 1 is 1.39 bits per heavy atom. The minimum atomic E-state index is -0.280. The van der Waals surface area contributed by atoms with E-state index in [1.54, 1.807) is 12.1 Å². The number of hydrogen-bond acceptors (Lipinski definition) is 2. The van der Waals surface area contributed by atoms with Crippen LogP contribution in [0.15, 0.2) is 18.2 Å². The molecule has 0 aliphatic heterocycles. The van der Waals surface area contributed by atoms with Gasteiger partial charge in [-0.15, -0.1) is 0 Å². The average molecular weight is 251 g/mol. The van der Waals surface area contributed by atoms with Crippen molar-refractivity contribution >= 4 is 0 Å². The van der Waals surface area contributed by atoms with E-state index >= 15 is 0 Å². The first kappa shape index (κ1) is 13.3. The van der Waals surface area contributed by atoms with Gasteiger partial charge in [-0.2, -0.15) is 0 Å². The molecule has 100 valence electrons. The molecule has 0 bridgehead atoms. The van der Waals surface area contributed by atoms with Gasteiger partial charge in [0.1, 0.15) is 0 Å². The molecule has 0 spiro atoms. The summed E-state index contributed by atoms with van der Waals surface area (Å²) >= 11 is 0. The molecule has 1 aromatic rings. The smallest absolute Gasteiger partial charge is 0.165 e. The van der Waals surface area contributed by atoms with E-state index in [1.165, 1.54) is 32.8 Å². The zero-order valence-corrected chi connectivity index (χ0v) is 11.0. The molecule has 1 aliphatic carbocycles. The van der Waals surface area contributed by atoms with Crippen LogP contribution in [-0.2, 0) is 6.42 Å². The van der Waals surface area contributed by atoms with Crippen LogP contribution >= 0.6 is 0 Å². The second-order valence-electron chi connectivity index (χ2n) is 5.21. The Balaban J connectivity index is 2.04. The predicted octanol–water partition coefficient (Wildman–Crippen LogP) is 3.14. The van der Waals surface area contributed by atoms with Crippen LogP contribution in [-0.4, -0.2) is 13.7 Å². The Morgan fingerprint density at radius 3 is 2.67 bits per heavy atom. The molecule has 2 nitrogen and oxygen atoms in total. The third-order valence-electron chi connectivity index (χ3n) is 4.08. The fourth-order valence-electron chi connectivity index (χ4n) is 3.01. The van der Waals surface area contributed by atoms with Crippen molar-refractivity contribution in [3.8, 4) is 5.75 Å². The number of methoxy groups -OCH3 is 1. The lowest BCUT2D eigenvalue weighted by molar-refractivity contribution is 0.343. The lowest BCUT2D eigenvalue weighted by atomic mass is 9.86. The van der Waals surface area contributed by atoms with Crippen LogP contribution < -0.4 is 10.5 Å². The summed E-state index contributed by atoms with van der Waals surface area (Å²) in [6.07, 6.45) is 6.07. The number of hydrogen-bond donors (Lipinski definition) is 1. The van der Waals surface area contributed by atoms with Crippen LogP contribution in [0.1, 0.15) is 31.2 Å². The Hall–Kier alpha value is -1.09. The number of ether oxygens (including phenoxy) is 1. The first-order valence-corrected chi connectivity index (χ1v) is 6.77. The molecule has 2 rings (SSSR count). The normalized spacial score (nSPS) is 17.9. The summed E-state index contributed by atoms with van der Waals surface area (Å²) in [6.45, 7) is 0.693. The Morgan fingerprint density at radius 2 is 2.11 bits per heavy atom. The van der Waals surface area contributed by atoms with Crippen LogP contribution in [0.3, 0.4) is 0 Å². The van der Waals surface area contributed by atoms with Gasteiger partial charge in [-0.1, -0.05) is 31.7 Å². The quantitative estimate of drug-likeness (QED) is 0.872. The number of halogens is 1. The van der Waals surface area contributed by atoms with E-state index in [2.05, 4.69) is 0 Å².